The Morgan fingerprint density at radius 2 is 2.38 bits per heavy atom. The summed E-state index contributed by atoms with van der Waals surface area (Å²) in [4.78, 5) is 7.03. The average molecular weight is 224 g/mol. The van der Waals surface area contributed by atoms with E-state index in [2.05, 4.69) is 9.97 Å². The van der Waals surface area contributed by atoms with Gasteiger partial charge in [0.25, 0.3) is 0 Å². The van der Waals surface area contributed by atoms with Crippen molar-refractivity contribution in [1.29, 1.82) is 0 Å². The van der Waals surface area contributed by atoms with Crippen LogP contribution in [0.3, 0.4) is 0 Å². The third kappa shape index (κ3) is 1.12. The molecule has 1 aromatic rings. The third-order valence-electron chi connectivity index (χ3n) is 0.623. The van der Waals surface area contributed by atoms with Crippen molar-refractivity contribution in [3.8, 4) is 0 Å². The SMILES string of the molecule is Fc1cncnc1I. The van der Waals surface area contributed by atoms with E-state index < -0.39 is 0 Å². The molecule has 0 aliphatic rings. The number of nitrogens with zero attached hydrogens (tertiary/aromatic N) is 2. The molecule has 0 aromatic carbocycles. The van der Waals surface area contributed by atoms with Gasteiger partial charge < -0.3 is 0 Å². The van der Waals surface area contributed by atoms with Crippen LogP contribution < -0.4 is 0 Å². The maximum absolute atomic E-state index is 12.2. The van der Waals surface area contributed by atoms with Gasteiger partial charge in [-0.3, -0.25) is 0 Å². The van der Waals surface area contributed by atoms with Crippen LogP contribution in [-0.2, 0) is 0 Å². The zero-order valence-electron chi connectivity index (χ0n) is 3.81. The first-order valence-electron chi connectivity index (χ1n) is 1.91. The quantitative estimate of drug-likeness (QED) is 0.489. The van der Waals surface area contributed by atoms with Crippen LogP contribution in [0, 0.1) is 9.52 Å². The van der Waals surface area contributed by atoms with E-state index >= 15 is 0 Å². The van der Waals surface area contributed by atoms with E-state index in [0.717, 1.165) is 6.20 Å². The van der Waals surface area contributed by atoms with Gasteiger partial charge in [-0.25, -0.2) is 14.4 Å². The van der Waals surface area contributed by atoms with Crippen LogP contribution in [0.1, 0.15) is 0 Å². The normalized spacial score (nSPS) is 9.25. The molecule has 0 saturated carbocycles. The lowest BCUT2D eigenvalue weighted by molar-refractivity contribution is 0.603. The summed E-state index contributed by atoms with van der Waals surface area (Å²) in [5.74, 6) is -0.367. The van der Waals surface area contributed by atoms with Crippen LogP contribution in [-0.4, -0.2) is 9.97 Å². The molecule has 0 atom stereocenters. The molecule has 0 spiro atoms. The average Bonchev–Trinajstić information content (AvgIpc) is 1.77. The van der Waals surface area contributed by atoms with E-state index in [-0.39, 0.29) is 5.82 Å². The van der Waals surface area contributed by atoms with E-state index in [0.29, 0.717) is 3.70 Å². The largest absolute Gasteiger partial charge is 0.242 e. The topological polar surface area (TPSA) is 25.8 Å². The Kier molecular flexibility index (Phi) is 1.72. The molecular weight excluding hydrogens is 222 g/mol. The van der Waals surface area contributed by atoms with Gasteiger partial charge in [-0.15, -0.1) is 0 Å². The van der Waals surface area contributed by atoms with Crippen LogP contribution in [0.25, 0.3) is 0 Å². The van der Waals surface area contributed by atoms with Crippen molar-refractivity contribution in [2.45, 2.75) is 0 Å². The summed E-state index contributed by atoms with van der Waals surface area (Å²) in [6.45, 7) is 0. The summed E-state index contributed by atoms with van der Waals surface area (Å²) in [6.07, 6.45) is 2.44. The van der Waals surface area contributed by atoms with Gasteiger partial charge >= 0.3 is 0 Å². The number of hydrogen-bond donors (Lipinski definition) is 0. The highest BCUT2D eigenvalue weighted by molar-refractivity contribution is 14.1. The molecule has 4 heteroatoms. The summed E-state index contributed by atoms with van der Waals surface area (Å²) < 4.78 is 12.5. The summed E-state index contributed by atoms with van der Waals surface area (Å²) in [6, 6.07) is 0. The standard InChI is InChI=1S/C4H2FIN2/c5-3-1-7-2-8-4(3)6/h1-2H. The van der Waals surface area contributed by atoms with Gasteiger partial charge in [0.1, 0.15) is 10.0 Å². The molecular formula is C4H2FIN2. The Labute approximate surface area is 59.3 Å². The van der Waals surface area contributed by atoms with Gasteiger partial charge in [0.2, 0.25) is 0 Å². The van der Waals surface area contributed by atoms with Crippen molar-refractivity contribution in [2.75, 3.05) is 0 Å². The second-order valence-corrected chi connectivity index (χ2v) is 2.18. The lowest BCUT2D eigenvalue weighted by atomic mass is 10.7. The van der Waals surface area contributed by atoms with Gasteiger partial charge in [-0.1, -0.05) is 0 Å². The fourth-order valence-electron chi connectivity index (χ4n) is 0.298. The zero-order valence-corrected chi connectivity index (χ0v) is 5.96. The maximum Gasteiger partial charge on any atom is 0.173 e. The molecule has 8 heavy (non-hydrogen) atoms. The first-order valence-corrected chi connectivity index (χ1v) is 2.99. The second-order valence-electron chi connectivity index (χ2n) is 1.16. The van der Waals surface area contributed by atoms with Crippen molar-refractivity contribution in [1.82, 2.24) is 9.97 Å². The highest BCUT2D eigenvalue weighted by Crippen LogP contribution is 2.02. The first-order chi connectivity index (χ1) is 3.80. The molecule has 0 fully saturated rings. The Morgan fingerprint density at radius 1 is 1.62 bits per heavy atom. The van der Waals surface area contributed by atoms with Crippen molar-refractivity contribution in [3.63, 3.8) is 0 Å². The van der Waals surface area contributed by atoms with Crippen molar-refractivity contribution in [2.24, 2.45) is 0 Å². The smallest absolute Gasteiger partial charge is 0.173 e. The molecule has 0 N–H and O–H groups in total. The minimum Gasteiger partial charge on any atom is -0.242 e. The van der Waals surface area contributed by atoms with E-state index in [1.54, 1.807) is 22.6 Å². The first kappa shape index (κ1) is 5.87. The zero-order chi connectivity index (χ0) is 5.98. The van der Waals surface area contributed by atoms with Crippen LogP contribution in [0.5, 0.6) is 0 Å². The van der Waals surface area contributed by atoms with Crippen LogP contribution >= 0.6 is 22.6 Å². The van der Waals surface area contributed by atoms with Crippen LogP contribution in [0.15, 0.2) is 12.5 Å². The molecule has 0 aliphatic heterocycles. The Hall–Kier alpha value is -0.260. The number of halogens is 2. The maximum atomic E-state index is 12.2. The van der Waals surface area contributed by atoms with Crippen LogP contribution in [0.4, 0.5) is 4.39 Å². The fourth-order valence-corrected chi connectivity index (χ4v) is 0.562. The van der Waals surface area contributed by atoms with E-state index in [1.807, 2.05) is 0 Å². The van der Waals surface area contributed by atoms with Gasteiger partial charge in [0.15, 0.2) is 5.82 Å². The summed E-state index contributed by atoms with van der Waals surface area (Å²) >= 11 is 1.80. The van der Waals surface area contributed by atoms with Crippen molar-refractivity contribution in [3.05, 3.63) is 22.0 Å². The molecule has 0 saturated heterocycles. The molecule has 1 aromatic heterocycles. The molecule has 1 rings (SSSR count). The van der Waals surface area contributed by atoms with E-state index in [4.69, 9.17) is 0 Å². The number of rotatable bonds is 0. The second kappa shape index (κ2) is 2.34. The fraction of sp³-hybridized carbons (Fsp3) is 0. The highest BCUT2D eigenvalue weighted by atomic mass is 127. The molecule has 2 nitrogen and oxygen atoms in total. The van der Waals surface area contributed by atoms with E-state index in [9.17, 15) is 4.39 Å². The van der Waals surface area contributed by atoms with Gasteiger partial charge in [-0.2, -0.15) is 0 Å². The Bertz CT molecular complexity index is 170. The number of hydrogen-bond acceptors (Lipinski definition) is 2. The van der Waals surface area contributed by atoms with E-state index in [1.165, 1.54) is 6.33 Å². The molecule has 0 bridgehead atoms. The minimum absolute atomic E-state index is 0.359. The van der Waals surface area contributed by atoms with Crippen molar-refractivity contribution < 1.29 is 4.39 Å². The third-order valence-corrected chi connectivity index (χ3v) is 1.42. The molecule has 0 unspecified atom stereocenters. The molecule has 42 valence electrons. The monoisotopic (exact) mass is 224 g/mol. The molecule has 0 radical (unpaired) electrons. The van der Waals surface area contributed by atoms with Crippen molar-refractivity contribution >= 4 is 22.6 Å². The Morgan fingerprint density at radius 3 is 2.75 bits per heavy atom. The van der Waals surface area contributed by atoms with Crippen LogP contribution in [0.2, 0.25) is 0 Å². The summed E-state index contributed by atoms with van der Waals surface area (Å²) in [5, 5.41) is 0. The van der Waals surface area contributed by atoms with Gasteiger partial charge in [0.05, 0.1) is 6.20 Å². The summed E-state index contributed by atoms with van der Waals surface area (Å²) in [7, 11) is 0. The molecule has 1 heterocycles. The predicted octanol–water partition coefficient (Wildman–Crippen LogP) is 1.22. The highest BCUT2D eigenvalue weighted by Gasteiger charge is 1.93. The number of aromatic nitrogens is 2. The lowest BCUT2D eigenvalue weighted by Crippen LogP contribution is -1.86. The summed E-state index contributed by atoms with van der Waals surface area (Å²) in [5.41, 5.74) is 0. The Balaban J connectivity index is 3.13. The van der Waals surface area contributed by atoms with Gasteiger partial charge in [0, 0.05) is 0 Å². The molecule has 0 aliphatic carbocycles. The molecule has 0 amide bonds. The van der Waals surface area contributed by atoms with Gasteiger partial charge in [-0.05, 0) is 22.6 Å². The predicted molar refractivity (Wildman–Crippen MR) is 34.7 cm³/mol. The lowest BCUT2D eigenvalue weighted by Gasteiger charge is -1.85. The minimum atomic E-state index is -0.367.